The Morgan fingerprint density at radius 2 is 1.81 bits per heavy atom. The minimum atomic E-state index is 0.290. The molecule has 1 aromatic heterocycles. The number of nitrogens with zero attached hydrogens (tertiary/aromatic N) is 3. The molecule has 6 nitrogen and oxygen atoms in total. The van der Waals surface area contributed by atoms with Gasteiger partial charge >= 0.3 is 0 Å². The second kappa shape index (κ2) is 8.16. The van der Waals surface area contributed by atoms with Crippen LogP contribution in [0.3, 0.4) is 0 Å². The molecule has 0 radical (unpaired) electrons. The molecule has 26 heavy (non-hydrogen) atoms. The molecule has 3 rings (SSSR count). The molecular weight excluding hydrogens is 391 g/mol. The number of aryl methyl sites for hydroxylation is 2. The Labute approximate surface area is 167 Å². The van der Waals surface area contributed by atoms with Crippen LogP contribution >= 0.6 is 35.4 Å². The summed E-state index contributed by atoms with van der Waals surface area (Å²) < 4.78 is 0. The lowest BCUT2D eigenvalue weighted by Crippen LogP contribution is -2.39. The summed E-state index contributed by atoms with van der Waals surface area (Å²) in [4.78, 5) is 13.3. The van der Waals surface area contributed by atoms with Crippen molar-refractivity contribution in [3.05, 3.63) is 45.7 Å². The topological polar surface area (TPSA) is 74.2 Å². The first kappa shape index (κ1) is 18.8. The Kier molecular flexibility index (Phi) is 5.90. The number of hydrogen-bond acceptors (Lipinski definition) is 4. The fraction of sp³-hybridized carbons (Fsp3) is 0.294. The van der Waals surface area contributed by atoms with Gasteiger partial charge in [0.1, 0.15) is 0 Å². The first-order valence-corrected chi connectivity index (χ1v) is 9.25. The normalized spacial score (nSPS) is 14.1. The molecule has 0 saturated heterocycles. The molecule has 0 aliphatic heterocycles. The zero-order chi connectivity index (χ0) is 18.7. The van der Waals surface area contributed by atoms with Gasteiger partial charge in [-0.2, -0.15) is 0 Å². The zero-order valence-electron chi connectivity index (χ0n) is 14.3. The van der Waals surface area contributed by atoms with E-state index in [2.05, 4.69) is 30.9 Å². The van der Waals surface area contributed by atoms with Gasteiger partial charge in [-0.15, -0.1) is 0 Å². The molecule has 1 saturated carbocycles. The standard InChI is InChI=1S/C17H18Cl2N6S/c1-9-7-10(2)21-15(20-9)24-16(22-12-4-5-12)25-17(26)23-14-6-3-11(18)8-13(14)19/h3,6-8,12H,4-5H2,1-2H3,(H3,20,21,22,23,24,25,26). The predicted octanol–water partition coefficient (Wildman–Crippen LogP) is 4.32. The highest BCUT2D eigenvalue weighted by Crippen LogP contribution is 2.25. The Hall–Kier alpha value is -1.96. The van der Waals surface area contributed by atoms with Gasteiger partial charge in [-0.1, -0.05) is 23.2 Å². The first-order chi connectivity index (χ1) is 12.4. The quantitative estimate of drug-likeness (QED) is 0.398. The summed E-state index contributed by atoms with van der Waals surface area (Å²) in [5.74, 6) is 0.974. The minimum Gasteiger partial charge on any atom is -0.331 e. The van der Waals surface area contributed by atoms with Crippen LogP contribution < -0.4 is 16.0 Å². The predicted molar refractivity (Wildman–Crippen MR) is 111 cm³/mol. The summed E-state index contributed by atoms with van der Waals surface area (Å²) in [7, 11) is 0. The number of aromatic nitrogens is 2. The third kappa shape index (κ3) is 5.52. The number of thiocarbonyl (C=S) groups is 1. The van der Waals surface area contributed by atoms with Gasteiger partial charge in [-0.3, -0.25) is 5.32 Å². The summed E-state index contributed by atoms with van der Waals surface area (Å²) in [6, 6.07) is 7.34. The van der Waals surface area contributed by atoms with E-state index >= 15 is 0 Å². The SMILES string of the molecule is Cc1cc(C)nc(NC(=NC2CC2)NC(=S)Nc2ccc(Cl)cc2Cl)n1. The number of halogens is 2. The highest BCUT2D eigenvalue weighted by molar-refractivity contribution is 7.80. The molecule has 3 N–H and O–H groups in total. The second-order valence-electron chi connectivity index (χ2n) is 6.01. The lowest BCUT2D eigenvalue weighted by atomic mass is 10.3. The molecule has 1 fully saturated rings. The maximum atomic E-state index is 6.17. The van der Waals surface area contributed by atoms with Crippen molar-refractivity contribution in [2.75, 3.05) is 10.6 Å². The second-order valence-corrected chi connectivity index (χ2v) is 7.26. The molecule has 0 unspecified atom stereocenters. The summed E-state index contributed by atoms with van der Waals surface area (Å²) in [6.07, 6.45) is 2.12. The zero-order valence-corrected chi connectivity index (χ0v) is 16.6. The molecule has 0 bridgehead atoms. The van der Waals surface area contributed by atoms with Crippen molar-refractivity contribution >= 4 is 58.1 Å². The third-order valence-corrected chi connectivity index (χ3v) is 4.23. The molecule has 0 amide bonds. The molecule has 2 aromatic rings. The Morgan fingerprint density at radius 1 is 1.12 bits per heavy atom. The van der Waals surface area contributed by atoms with Crippen molar-refractivity contribution in [2.45, 2.75) is 32.7 Å². The van der Waals surface area contributed by atoms with Crippen molar-refractivity contribution in [1.82, 2.24) is 15.3 Å². The van der Waals surface area contributed by atoms with E-state index in [0.29, 0.717) is 32.8 Å². The number of hydrogen-bond donors (Lipinski definition) is 3. The molecule has 1 heterocycles. The largest absolute Gasteiger partial charge is 0.331 e. The average molecular weight is 409 g/mol. The van der Waals surface area contributed by atoms with Gasteiger partial charge in [0, 0.05) is 16.4 Å². The van der Waals surface area contributed by atoms with Crippen LogP contribution in [0, 0.1) is 13.8 Å². The summed E-state index contributed by atoms with van der Waals surface area (Å²) in [5, 5.41) is 10.6. The Bertz CT molecular complexity index is 846. The van der Waals surface area contributed by atoms with Crippen LogP contribution in [-0.2, 0) is 0 Å². The molecule has 1 aliphatic carbocycles. The number of benzene rings is 1. The van der Waals surface area contributed by atoms with Gasteiger partial charge in [0.25, 0.3) is 0 Å². The van der Waals surface area contributed by atoms with E-state index in [1.54, 1.807) is 18.2 Å². The third-order valence-electron chi connectivity index (χ3n) is 3.48. The fourth-order valence-electron chi connectivity index (χ4n) is 2.22. The molecule has 1 aromatic carbocycles. The fourth-order valence-corrected chi connectivity index (χ4v) is 2.88. The van der Waals surface area contributed by atoms with Crippen LogP contribution in [0.25, 0.3) is 0 Å². The van der Waals surface area contributed by atoms with Crippen LogP contribution in [0.2, 0.25) is 10.0 Å². The summed E-state index contributed by atoms with van der Waals surface area (Å²) >= 11 is 17.5. The highest BCUT2D eigenvalue weighted by Gasteiger charge is 2.22. The number of aliphatic imine (C=N–C) groups is 1. The van der Waals surface area contributed by atoms with E-state index in [4.69, 9.17) is 35.4 Å². The van der Waals surface area contributed by atoms with E-state index in [9.17, 15) is 0 Å². The maximum absolute atomic E-state index is 6.17. The minimum absolute atomic E-state index is 0.290. The Balaban J connectivity index is 1.71. The first-order valence-electron chi connectivity index (χ1n) is 8.09. The monoisotopic (exact) mass is 408 g/mol. The van der Waals surface area contributed by atoms with Gasteiger partial charge in [-0.05, 0) is 63.2 Å². The van der Waals surface area contributed by atoms with E-state index in [1.807, 2.05) is 19.9 Å². The lowest BCUT2D eigenvalue weighted by molar-refractivity contribution is 1.02. The number of anilines is 2. The van der Waals surface area contributed by atoms with E-state index in [0.717, 1.165) is 24.2 Å². The van der Waals surface area contributed by atoms with Crippen LogP contribution in [0.15, 0.2) is 29.3 Å². The van der Waals surface area contributed by atoms with Crippen molar-refractivity contribution in [3.8, 4) is 0 Å². The molecular formula is C17H18Cl2N6S. The van der Waals surface area contributed by atoms with Gasteiger partial charge in [0.15, 0.2) is 5.11 Å². The smallest absolute Gasteiger partial charge is 0.229 e. The van der Waals surface area contributed by atoms with Crippen molar-refractivity contribution in [1.29, 1.82) is 0 Å². The van der Waals surface area contributed by atoms with E-state index < -0.39 is 0 Å². The van der Waals surface area contributed by atoms with Crippen LogP contribution in [0.1, 0.15) is 24.2 Å². The number of guanidine groups is 1. The summed E-state index contributed by atoms with van der Waals surface area (Å²) in [5.41, 5.74) is 2.40. The molecule has 9 heteroatoms. The van der Waals surface area contributed by atoms with Gasteiger partial charge in [0.2, 0.25) is 11.9 Å². The molecule has 0 atom stereocenters. The number of nitrogens with one attached hydrogen (secondary N) is 3. The van der Waals surface area contributed by atoms with E-state index in [-0.39, 0.29) is 6.04 Å². The molecule has 1 aliphatic rings. The van der Waals surface area contributed by atoms with Gasteiger partial charge in [0.05, 0.1) is 16.8 Å². The lowest BCUT2D eigenvalue weighted by Gasteiger charge is -2.15. The van der Waals surface area contributed by atoms with Crippen molar-refractivity contribution in [3.63, 3.8) is 0 Å². The van der Waals surface area contributed by atoms with Crippen molar-refractivity contribution < 1.29 is 0 Å². The van der Waals surface area contributed by atoms with E-state index in [1.165, 1.54) is 0 Å². The van der Waals surface area contributed by atoms with Gasteiger partial charge in [-0.25, -0.2) is 15.0 Å². The summed E-state index contributed by atoms with van der Waals surface area (Å²) in [6.45, 7) is 3.83. The molecule has 0 spiro atoms. The number of rotatable bonds is 3. The Morgan fingerprint density at radius 3 is 2.42 bits per heavy atom. The molecule has 136 valence electrons. The average Bonchev–Trinajstić information content (AvgIpc) is 3.33. The van der Waals surface area contributed by atoms with Gasteiger partial charge < -0.3 is 10.6 Å². The van der Waals surface area contributed by atoms with Crippen LogP contribution in [-0.4, -0.2) is 27.1 Å². The highest BCUT2D eigenvalue weighted by atomic mass is 35.5. The van der Waals surface area contributed by atoms with Crippen LogP contribution in [0.5, 0.6) is 0 Å². The van der Waals surface area contributed by atoms with Crippen molar-refractivity contribution in [2.24, 2.45) is 4.99 Å². The maximum Gasteiger partial charge on any atom is 0.229 e. The van der Waals surface area contributed by atoms with Crippen LogP contribution in [0.4, 0.5) is 11.6 Å².